The number of amides is 1. The highest BCUT2D eigenvalue weighted by atomic mass is 16.5. The third kappa shape index (κ3) is 5.73. The third-order valence-corrected chi connectivity index (χ3v) is 4.26. The minimum absolute atomic E-state index is 0.0674. The first kappa shape index (κ1) is 20.8. The molecule has 0 heterocycles. The monoisotopic (exact) mass is 371 g/mol. The van der Waals surface area contributed by atoms with Gasteiger partial charge in [0, 0.05) is 24.3 Å². The van der Waals surface area contributed by atoms with E-state index in [1.165, 1.54) is 0 Å². The van der Waals surface area contributed by atoms with Crippen molar-refractivity contribution in [3.05, 3.63) is 59.2 Å². The zero-order valence-electron chi connectivity index (χ0n) is 16.7. The molecule has 2 aromatic rings. The number of ether oxygens (including phenoxy) is 3. The van der Waals surface area contributed by atoms with Gasteiger partial charge in [-0.15, -0.1) is 0 Å². The van der Waals surface area contributed by atoms with E-state index in [0.29, 0.717) is 30.4 Å². The number of benzene rings is 2. The fraction of sp³-hybridized carbons (Fsp3) is 0.409. The van der Waals surface area contributed by atoms with Gasteiger partial charge in [-0.1, -0.05) is 32.0 Å². The number of carbonyl (C=O) groups excluding carboxylic acids is 1. The maximum Gasteiger partial charge on any atom is 0.251 e. The number of rotatable bonds is 9. The Morgan fingerprint density at radius 2 is 1.78 bits per heavy atom. The van der Waals surface area contributed by atoms with Gasteiger partial charge in [0.2, 0.25) is 0 Å². The average molecular weight is 371 g/mol. The quantitative estimate of drug-likeness (QED) is 0.719. The zero-order chi connectivity index (χ0) is 19.8. The van der Waals surface area contributed by atoms with E-state index < -0.39 is 0 Å². The summed E-state index contributed by atoms with van der Waals surface area (Å²) in [6.07, 6.45) is 0. The Bertz CT molecular complexity index is 758. The van der Waals surface area contributed by atoms with Crippen LogP contribution >= 0.6 is 0 Å². The van der Waals surface area contributed by atoms with Crippen molar-refractivity contribution < 1.29 is 19.0 Å². The molecule has 1 unspecified atom stereocenters. The smallest absolute Gasteiger partial charge is 0.251 e. The molecule has 2 aromatic carbocycles. The molecule has 0 bridgehead atoms. The number of nitrogens with one attached hydrogen (secondary N) is 1. The summed E-state index contributed by atoms with van der Waals surface area (Å²) in [4.78, 5) is 12.5. The minimum atomic E-state index is -0.147. The second-order valence-corrected chi connectivity index (χ2v) is 6.84. The van der Waals surface area contributed by atoms with Crippen LogP contribution in [0.25, 0.3) is 0 Å². The van der Waals surface area contributed by atoms with E-state index in [4.69, 9.17) is 14.2 Å². The standard InChI is InChI=1S/C22H29NO4/c1-15(2)19-8-6-7-9-21(19)27-14-18-12-17(10-11-20(18)26-5)22(24)23-16(3)13-25-4/h6-12,15-16H,13-14H2,1-5H3,(H,23,24). The van der Waals surface area contributed by atoms with Gasteiger partial charge in [0.1, 0.15) is 18.1 Å². The first-order valence-electron chi connectivity index (χ1n) is 9.14. The van der Waals surface area contributed by atoms with Crippen LogP contribution < -0.4 is 14.8 Å². The van der Waals surface area contributed by atoms with Gasteiger partial charge in [0.25, 0.3) is 5.91 Å². The first-order chi connectivity index (χ1) is 13.0. The van der Waals surface area contributed by atoms with Crippen LogP contribution in [0.1, 0.15) is 48.2 Å². The van der Waals surface area contributed by atoms with Gasteiger partial charge >= 0.3 is 0 Å². The van der Waals surface area contributed by atoms with Crippen molar-refractivity contribution in [2.75, 3.05) is 20.8 Å². The Labute approximate surface area is 161 Å². The van der Waals surface area contributed by atoms with Crippen molar-refractivity contribution in [3.63, 3.8) is 0 Å². The lowest BCUT2D eigenvalue weighted by atomic mass is 10.0. The Balaban J connectivity index is 2.17. The van der Waals surface area contributed by atoms with E-state index in [9.17, 15) is 4.79 Å². The molecule has 146 valence electrons. The zero-order valence-corrected chi connectivity index (χ0v) is 16.7. The molecule has 2 rings (SSSR count). The van der Waals surface area contributed by atoms with Crippen LogP contribution in [0.15, 0.2) is 42.5 Å². The van der Waals surface area contributed by atoms with Crippen LogP contribution in [-0.2, 0) is 11.3 Å². The molecule has 5 heteroatoms. The second-order valence-electron chi connectivity index (χ2n) is 6.84. The summed E-state index contributed by atoms with van der Waals surface area (Å²) in [6.45, 7) is 6.95. The number of para-hydroxylation sites is 1. The Morgan fingerprint density at radius 3 is 2.44 bits per heavy atom. The van der Waals surface area contributed by atoms with Gasteiger partial charge in [-0.05, 0) is 42.7 Å². The Kier molecular flexibility index (Phi) is 7.67. The topological polar surface area (TPSA) is 56.8 Å². The summed E-state index contributed by atoms with van der Waals surface area (Å²) in [5, 5.41) is 2.91. The molecular formula is C22H29NO4. The normalized spacial score (nSPS) is 11.9. The molecule has 1 amide bonds. The summed E-state index contributed by atoms with van der Waals surface area (Å²) < 4.78 is 16.5. The molecule has 0 saturated heterocycles. The first-order valence-corrected chi connectivity index (χ1v) is 9.14. The molecule has 0 radical (unpaired) electrons. The van der Waals surface area contributed by atoms with Gasteiger partial charge in [-0.25, -0.2) is 0 Å². The lowest BCUT2D eigenvalue weighted by Crippen LogP contribution is -2.35. The molecule has 0 aromatic heterocycles. The van der Waals surface area contributed by atoms with Crippen LogP contribution in [0.4, 0.5) is 0 Å². The molecule has 5 nitrogen and oxygen atoms in total. The van der Waals surface area contributed by atoms with Crippen molar-refractivity contribution in [1.29, 1.82) is 0 Å². The summed E-state index contributed by atoms with van der Waals surface area (Å²) in [5.41, 5.74) is 2.54. The van der Waals surface area contributed by atoms with Gasteiger partial charge in [0.15, 0.2) is 0 Å². The van der Waals surface area contributed by atoms with E-state index >= 15 is 0 Å². The fourth-order valence-corrected chi connectivity index (χ4v) is 2.88. The molecule has 1 N–H and O–H groups in total. The minimum Gasteiger partial charge on any atom is -0.496 e. The third-order valence-electron chi connectivity index (χ3n) is 4.26. The second kappa shape index (κ2) is 9.97. The molecule has 0 saturated carbocycles. The fourth-order valence-electron chi connectivity index (χ4n) is 2.88. The predicted molar refractivity (Wildman–Crippen MR) is 107 cm³/mol. The predicted octanol–water partition coefficient (Wildman–Crippen LogP) is 4.16. The van der Waals surface area contributed by atoms with Crippen molar-refractivity contribution >= 4 is 5.91 Å². The van der Waals surface area contributed by atoms with Crippen molar-refractivity contribution in [1.82, 2.24) is 5.32 Å². The number of carbonyl (C=O) groups is 1. The van der Waals surface area contributed by atoms with E-state index in [0.717, 1.165) is 16.9 Å². The Hall–Kier alpha value is -2.53. The van der Waals surface area contributed by atoms with E-state index in [1.54, 1.807) is 26.4 Å². The summed E-state index contributed by atoms with van der Waals surface area (Å²) in [7, 11) is 3.22. The molecule has 0 fully saturated rings. The highest BCUT2D eigenvalue weighted by Gasteiger charge is 2.14. The largest absolute Gasteiger partial charge is 0.496 e. The molecule has 0 aliphatic heterocycles. The lowest BCUT2D eigenvalue weighted by Gasteiger charge is -2.16. The van der Waals surface area contributed by atoms with Crippen LogP contribution in [0.2, 0.25) is 0 Å². The van der Waals surface area contributed by atoms with Crippen LogP contribution in [0.3, 0.4) is 0 Å². The van der Waals surface area contributed by atoms with Gasteiger partial charge in [-0.3, -0.25) is 4.79 Å². The van der Waals surface area contributed by atoms with E-state index in [2.05, 4.69) is 25.2 Å². The van der Waals surface area contributed by atoms with Crippen LogP contribution in [-0.4, -0.2) is 32.8 Å². The van der Waals surface area contributed by atoms with Crippen molar-refractivity contribution in [2.45, 2.75) is 39.3 Å². The number of hydrogen-bond donors (Lipinski definition) is 1. The summed E-state index contributed by atoms with van der Waals surface area (Å²) in [6, 6.07) is 13.3. The molecule has 0 spiro atoms. The molecule has 0 aliphatic rings. The Morgan fingerprint density at radius 1 is 1.04 bits per heavy atom. The SMILES string of the molecule is COCC(C)NC(=O)c1ccc(OC)c(COc2ccccc2C(C)C)c1. The van der Waals surface area contributed by atoms with Gasteiger partial charge in [0.05, 0.1) is 13.7 Å². The average Bonchev–Trinajstić information content (AvgIpc) is 2.66. The van der Waals surface area contributed by atoms with Crippen molar-refractivity contribution in [3.8, 4) is 11.5 Å². The highest BCUT2D eigenvalue weighted by molar-refractivity contribution is 5.94. The van der Waals surface area contributed by atoms with E-state index in [1.807, 2.05) is 31.2 Å². The van der Waals surface area contributed by atoms with Crippen LogP contribution in [0, 0.1) is 0 Å². The lowest BCUT2D eigenvalue weighted by molar-refractivity contribution is 0.0905. The highest BCUT2D eigenvalue weighted by Crippen LogP contribution is 2.28. The summed E-state index contributed by atoms with van der Waals surface area (Å²) >= 11 is 0. The molecule has 1 atom stereocenters. The van der Waals surface area contributed by atoms with E-state index in [-0.39, 0.29) is 11.9 Å². The number of methoxy groups -OCH3 is 2. The van der Waals surface area contributed by atoms with Crippen molar-refractivity contribution in [2.24, 2.45) is 0 Å². The molecule has 0 aliphatic carbocycles. The maximum absolute atomic E-state index is 12.5. The maximum atomic E-state index is 12.5. The molecular weight excluding hydrogens is 342 g/mol. The molecule has 27 heavy (non-hydrogen) atoms. The number of hydrogen-bond acceptors (Lipinski definition) is 4. The van der Waals surface area contributed by atoms with Gasteiger partial charge in [-0.2, -0.15) is 0 Å². The van der Waals surface area contributed by atoms with Crippen LogP contribution in [0.5, 0.6) is 11.5 Å². The van der Waals surface area contributed by atoms with Gasteiger partial charge < -0.3 is 19.5 Å². The summed E-state index contributed by atoms with van der Waals surface area (Å²) in [5.74, 6) is 1.75.